The molecule has 0 bridgehead atoms. The Balaban J connectivity index is 1.91. The van der Waals surface area contributed by atoms with Crippen LogP contribution in [0.2, 0.25) is 0 Å². The minimum atomic E-state index is -0.844. The third-order valence-corrected chi connectivity index (χ3v) is 3.19. The van der Waals surface area contributed by atoms with E-state index >= 15 is 0 Å². The van der Waals surface area contributed by atoms with Crippen molar-refractivity contribution in [3.63, 3.8) is 0 Å². The van der Waals surface area contributed by atoms with Gasteiger partial charge in [-0.25, -0.2) is 8.78 Å². The maximum Gasteiger partial charge on any atom is 0.254 e. The fourth-order valence-corrected chi connectivity index (χ4v) is 2.23. The summed E-state index contributed by atoms with van der Waals surface area (Å²) in [5, 5.41) is 6.55. The molecule has 2 aromatic rings. The van der Waals surface area contributed by atoms with Gasteiger partial charge in [0.05, 0.1) is 5.56 Å². The second-order valence-electron chi connectivity index (χ2n) is 3.76. The van der Waals surface area contributed by atoms with E-state index in [1.54, 1.807) is 11.3 Å². The van der Waals surface area contributed by atoms with Crippen LogP contribution >= 0.6 is 11.3 Å². The third-order valence-electron chi connectivity index (χ3n) is 2.46. The fraction of sp³-hybridized carbons (Fsp3) is 0.154. The van der Waals surface area contributed by atoms with E-state index in [4.69, 9.17) is 0 Å². The number of hydrogen-bond acceptors (Lipinski definition) is 2. The van der Waals surface area contributed by atoms with E-state index in [0.717, 1.165) is 17.7 Å². The van der Waals surface area contributed by atoms with Crippen molar-refractivity contribution < 1.29 is 13.6 Å². The third kappa shape index (κ3) is 3.13. The average Bonchev–Trinajstić information content (AvgIpc) is 2.81. The lowest BCUT2D eigenvalue weighted by atomic mass is 10.2. The molecule has 0 aliphatic carbocycles. The second-order valence-corrected chi connectivity index (χ2v) is 4.54. The monoisotopic (exact) mass is 267 g/mol. The summed E-state index contributed by atoms with van der Waals surface area (Å²) in [4.78, 5) is 11.6. The molecule has 0 saturated carbocycles. The van der Waals surface area contributed by atoms with Gasteiger partial charge in [0, 0.05) is 12.6 Å². The molecular weight excluding hydrogens is 256 g/mol. The van der Waals surface area contributed by atoms with E-state index < -0.39 is 17.5 Å². The Morgan fingerprint density at radius 3 is 2.78 bits per heavy atom. The van der Waals surface area contributed by atoms with E-state index in [1.807, 2.05) is 16.8 Å². The van der Waals surface area contributed by atoms with Crippen LogP contribution in [0.5, 0.6) is 0 Å². The molecule has 0 aliphatic heterocycles. The zero-order valence-electron chi connectivity index (χ0n) is 9.45. The van der Waals surface area contributed by atoms with E-state index in [9.17, 15) is 13.6 Å². The number of thiophene rings is 1. The number of carbonyl (C=O) groups excluding carboxylic acids is 1. The van der Waals surface area contributed by atoms with Crippen LogP contribution in [0.4, 0.5) is 8.78 Å². The van der Waals surface area contributed by atoms with E-state index in [1.165, 1.54) is 0 Å². The van der Waals surface area contributed by atoms with Crippen LogP contribution in [0.3, 0.4) is 0 Å². The van der Waals surface area contributed by atoms with Crippen LogP contribution in [-0.4, -0.2) is 12.5 Å². The number of carbonyl (C=O) groups is 1. The molecule has 18 heavy (non-hydrogen) atoms. The molecule has 2 rings (SSSR count). The molecule has 0 radical (unpaired) electrons. The number of nitrogens with one attached hydrogen (secondary N) is 1. The van der Waals surface area contributed by atoms with Crippen molar-refractivity contribution in [3.05, 3.63) is 57.8 Å². The molecule has 0 atom stereocenters. The predicted molar refractivity (Wildman–Crippen MR) is 66.7 cm³/mol. The molecule has 1 aromatic heterocycles. The lowest BCUT2D eigenvalue weighted by Gasteiger charge is -2.05. The summed E-state index contributed by atoms with van der Waals surface area (Å²) in [5.74, 6) is -2.06. The summed E-state index contributed by atoms with van der Waals surface area (Å²) in [6.45, 7) is 0.423. The summed E-state index contributed by atoms with van der Waals surface area (Å²) in [7, 11) is 0. The number of hydrogen-bond donors (Lipinski definition) is 1. The topological polar surface area (TPSA) is 29.1 Å². The molecule has 94 valence electrons. The number of amides is 1. The first kappa shape index (κ1) is 12.7. The number of benzene rings is 1. The van der Waals surface area contributed by atoms with Gasteiger partial charge in [0.2, 0.25) is 0 Å². The Kier molecular flexibility index (Phi) is 4.04. The highest BCUT2D eigenvalue weighted by atomic mass is 32.1. The summed E-state index contributed by atoms with van der Waals surface area (Å²) < 4.78 is 26.0. The highest BCUT2D eigenvalue weighted by Crippen LogP contribution is 2.09. The SMILES string of the molecule is O=C(NCCc1ccsc1)c1ccc(F)cc1F. The normalized spacial score (nSPS) is 10.3. The highest BCUT2D eigenvalue weighted by Gasteiger charge is 2.11. The lowest BCUT2D eigenvalue weighted by molar-refractivity contribution is 0.0950. The van der Waals surface area contributed by atoms with Crippen LogP contribution in [0.1, 0.15) is 15.9 Å². The minimum Gasteiger partial charge on any atom is -0.352 e. The molecule has 0 spiro atoms. The van der Waals surface area contributed by atoms with Crippen LogP contribution in [0.25, 0.3) is 0 Å². The molecule has 1 N–H and O–H groups in total. The molecule has 0 saturated heterocycles. The van der Waals surface area contributed by atoms with Gasteiger partial charge >= 0.3 is 0 Å². The number of rotatable bonds is 4. The van der Waals surface area contributed by atoms with Gasteiger partial charge in [0.15, 0.2) is 0 Å². The van der Waals surface area contributed by atoms with Crippen molar-refractivity contribution in [2.75, 3.05) is 6.54 Å². The summed E-state index contributed by atoms with van der Waals surface area (Å²) >= 11 is 1.58. The lowest BCUT2D eigenvalue weighted by Crippen LogP contribution is -2.26. The molecule has 1 aromatic carbocycles. The largest absolute Gasteiger partial charge is 0.352 e. The van der Waals surface area contributed by atoms with Gasteiger partial charge in [0.25, 0.3) is 5.91 Å². The van der Waals surface area contributed by atoms with E-state index in [-0.39, 0.29) is 5.56 Å². The van der Waals surface area contributed by atoms with Crippen molar-refractivity contribution >= 4 is 17.2 Å². The molecule has 0 unspecified atom stereocenters. The summed E-state index contributed by atoms with van der Waals surface area (Å²) in [6.07, 6.45) is 0.693. The Bertz CT molecular complexity index is 540. The molecule has 0 aliphatic rings. The zero-order chi connectivity index (χ0) is 13.0. The van der Waals surface area contributed by atoms with Crippen molar-refractivity contribution in [1.82, 2.24) is 5.32 Å². The van der Waals surface area contributed by atoms with Crippen LogP contribution < -0.4 is 5.32 Å². The first-order valence-corrected chi connectivity index (χ1v) is 6.35. The molecular formula is C13H11F2NOS. The second kappa shape index (κ2) is 5.73. The van der Waals surface area contributed by atoms with Crippen molar-refractivity contribution in [3.8, 4) is 0 Å². The van der Waals surface area contributed by atoms with Crippen molar-refractivity contribution in [2.24, 2.45) is 0 Å². The van der Waals surface area contributed by atoms with Gasteiger partial charge < -0.3 is 5.32 Å². The maximum absolute atomic E-state index is 13.3. The molecule has 5 heteroatoms. The highest BCUT2D eigenvalue weighted by molar-refractivity contribution is 7.07. The van der Waals surface area contributed by atoms with Gasteiger partial charge in [0.1, 0.15) is 11.6 Å². The molecule has 1 heterocycles. The van der Waals surface area contributed by atoms with Crippen molar-refractivity contribution in [1.29, 1.82) is 0 Å². The summed E-state index contributed by atoms with van der Waals surface area (Å²) in [5.41, 5.74) is 0.988. The Morgan fingerprint density at radius 2 is 2.11 bits per heavy atom. The summed E-state index contributed by atoms with van der Waals surface area (Å²) in [6, 6.07) is 4.88. The average molecular weight is 267 g/mol. The minimum absolute atomic E-state index is 0.137. The fourth-order valence-electron chi connectivity index (χ4n) is 1.52. The zero-order valence-corrected chi connectivity index (χ0v) is 10.3. The first-order chi connectivity index (χ1) is 8.66. The van der Waals surface area contributed by atoms with Gasteiger partial charge in [-0.2, -0.15) is 11.3 Å². The Morgan fingerprint density at radius 1 is 1.28 bits per heavy atom. The Labute approximate surface area is 107 Å². The number of halogens is 2. The van der Waals surface area contributed by atoms with Crippen molar-refractivity contribution in [2.45, 2.75) is 6.42 Å². The Hall–Kier alpha value is -1.75. The van der Waals surface area contributed by atoms with Gasteiger partial charge in [-0.05, 0) is 40.9 Å². The van der Waals surface area contributed by atoms with E-state index in [0.29, 0.717) is 19.0 Å². The van der Waals surface area contributed by atoms with Gasteiger partial charge in [-0.3, -0.25) is 4.79 Å². The maximum atomic E-state index is 13.3. The van der Waals surface area contributed by atoms with Crippen LogP contribution in [-0.2, 0) is 6.42 Å². The molecule has 1 amide bonds. The van der Waals surface area contributed by atoms with Crippen LogP contribution in [0.15, 0.2) is 35.0 Å². The smallest absolute Gasteiger partial charge is 0.254 e. The van der Waals surface area contributed by atoms with Gasteiger partial charge in [-0.1, -0.05) is 0 Å². The molecule has 2 nitrogen and oxygen atoms in total. The quantitative estimate of drug-likeness (QED) is 0.906. The van der Waals surface area contributed by atoms with Crippen LogP contribution in [0, 0.1) is 11.6 Å². The first-order valence-electron chi connectivity index (χ1n) is 5.41. The molecule has 0 fully saturated rings. The predicted octanol–water partition coefficient (Wildman–Crippen LogP) is 3.00. The standard InChI is InChI=1S/C13H11F2NOS/c14-10-1-2-11(12(15)7-10)13(17)16-5-3-9-4-6-18-8-9/h1-2,4,6-8H,3,5H2,(H,16,17). The van der Waals surface area contributed by atoms with Gasteiger partial charge in [-0.15, -0.1) is 0 Å². The van der Waals surface area contributed by atoms with E-state index in [2.05, 4.69) is 5.32 Å².